The van der Waals surface area contributed by atoms with Crippen molar-refractivity contribution in [3.8, 4) is 0 Å². The van der Waals surface area contributed by atoms with Gasteiger partial charge in [-0.25, -0.2) is 0 Å². The van der Waals surface area contributed by atoms with Crippen molar-refractivity contribution in [3.63, 3.8) is 0 Å². The first-order valence-electron chi connectivity index (χ1n) is 5.03. The molecule has 0 saturated heterocycles. The van der Waals surface area contributed by atoms with Crippen molar-refractivity contribution in [1.82, 2.24) is 0 Å². The minimum absolute atomic E-state index is 0.317. The molecule has 0 aliphatic carbocycles. The minimum Gasteiger partial charge on any atom is -0.468 e. The van der Waals surface area contributed by atoms with E-state index in [9.17, 15) is 9.59 Å². The first kappa shape index (κ1) is 16.6. The summed E-state index contributed by atoms with van der Waals surface area (Å²) < 4.78 is 9.23. The van der Waals surface area contributed by atoms with E-state index in [0.717, 1.165) is 0 Å². The lowest BCUT2D eigenvalue weighted by atomic mass is 10.4. The summed E-state index contributed by atoms with van der Waals surface area (Å²) in [5.41, 5.74) is 11.1. The third-order valence-corrected chi connectivity index (χ3v) is 4.15. The van der Waals surface area contributed by atoms with Crippen LogP contribution in [0.15, 0.2) is 0 Å². The summed E-state index contributed by atoms with van der Waals surface area (Å²) >= 11 is 0. The third kappa shape index (κ3) is 7.48. The van der Waals surface area contributed by atoms with Crippen LogP contribution in [-0.4, -0.2) is 49.2 Å². The second-order valence-electron chi connectivity index (χ2n) is 3.06. The number of hydrogen-bond donors (Lipinski definition) is 2. The minimum atomic E-state index is -0.656. The summed E-state index contributed by atoms with van der Waals surface area (Å²) in [6.07, 6.45) is 0. The molecule has 0 aliphatic heterocycles. The predicted octanol–water partition coefficient (Wildman–Crippen LogP) is -0.241. The molecule has 100 valence electrons. The molecule has 4 N–H and O–H groups in total. The number of esters is 2. The largest absolute Gasteiger partial charge is 0.468 e. The van der Waals surface area contributed by atoms with E-state index >= 15 is 0 Å². The van der Waals surface area contributed by atoms with E-state index in [1.54, 1.807) is 6.92 Å². The standard InChI is InChI=1S/C9H18N2O4S2/c1-3-15-9(13)7(11)5-17-16-4-6(10)8(12)14-2/h6-7H,3-5,10-11H2,1-2H3/t6-,7-/m1/s1. The summed E-state index contributed by atoms with van der Waals surface area (Å²) in [7, 11) is 4.04. The average Bonchev–Trinajstić information content (AvgIpc) is 2.33. The monoisotopic (exact) mass is 282 g/mol. The van der Waals surface area contributed by atoms with Gasteiger partial charge in [-0.2, -0.15) is 0 Å². The molecule has 0 aromatic heterocycles. The molecule has 0 spiro atoms. The number of ether oxygens (including phenoxy) is 2. The smallest absolute Gasteiger partial charge is 0.323 e. The van der Waals surface area contributed by atoms with E-state index in [1.807, 2.05) is 0 Å². The average molecular weight is 282 g/mol. The second kappa shape index (κ2) is 9.58. The molecule has 8 heteroatoms. The zero-order valence-electron chi connectivity index (χ0n) is 9.88. The van der Waals surface area contributed by atoms with Gasteiger partial charge in [0.2, 0.25) is 0 Å². The fraction of sp³-hybridized carbons (Fsp3) is 0.778. The van der Waals surface area contributed by atoms with Crippen LogP contribution in [0.3, 0.4) is 0 Å². The van der Waals surface area contributed by atoms with Gasteiger partial charge in [0.25, 0.3) is 0 Å². The highest BCUT2D eigenvalue weighted by atomic mass is 33.1. The molecule has 0 unspecified atom stereocenters. The first-order chi connectivity index (χ1) is 8.02. The molecule has 0 bridgehead atoms. The highest BCUT2D eigenvalue weighted by molar-refractivity contribution is 8.76. The second-order valence-corrected chi connectivity index (χ2v) is 5.61. The van der Waals surface area contributed by atoms with Gasteiger partial charge >= 0.3 is 11.9 Å². The highest BCUT2D eigenvalue weighted by Gasteiger charge is 2.16. The Morgan fingerprint density at radius 1 is 1.12 bits per heavy atom. The Bertz CT molecular complexity index is 253. The normalized spacial score (nSPS) is 13.9. The van der Waals surface area contributed by atoms with Gasteiger partial charge < -0.3 is 20.9 Å². The van der Waals surface area contributed by atoms with Gasteiger partial charge in [-0.1, -0.05) is 21.6 Å². The highest BCUT2D eigenvalue weighted by Crippen LogP contribution is 2.22. The quantitative estimate of drug-likeness (QED) is 0.357. The summed E-state index contributed by atoms with van der Waals surface area (Å²) in [4.78, 5) is 22.1. The summed E-state index contributed by atoms with van der Waals surface area (Å²) in [5, 5.41) is 0. The molecule has 6 nitrogen and oxygen atoms in total. The molecular weight excluding hydrogens is 264 g/mol. The molecule has 0 aliphatic rings. The molecular formula is C9H18N2O4S2. The number of carbonyl (C=O) groups excluding carboxylic acids is 2. The van der Waals surface area contributed by atoms with Crippen LogP contribution in [0.5, 0.6) is 0 Å². The Hall–Kier alpha value is -0.440. The van der Waals surface area contributed by atoms with Crippen molar-refractivity contribution in [2.45, 2.75) is 19.0 Å². The number of nitrogens with two attached hydrogens (primary N) is 2. The lowest BCUT2D eigenvalue weighted by molar-refractivity contribution is -0.144. The van der Waals surface area contributed by atoms with E-state index < -0.39 is 24.0 Å². The molecule has 2 atom stereocenters. The van der Waals surface area contributed by atoms with Crippen LogP contribution in [0.25, 0.3) is 0 Å². The fourth-order valence-corrected chi connectivity index (χ4v) is 2.99. The maximum Gasteiger partial charge on any atom is 0.323 e. The molecule has 0 fully saturated rings. The SMILES string of the molecule is CCOC(=O)[C@H](N)CSSC[C@@H](N)C(=O)OC. The van der Waals surface area contributed by atoms with Crippen LogP contribution < -0.4 is 11.5 Å². The maximum absolute atomic E-state index is 11.2. The molecule has 0 radical (unpaired) electrons. The Morgan fingerprint density at radius 2 is 1.59 bits per heavy atom. The van der Waals surface area contributed by atoms with Crippen LogP contribution in [0.2, 0.25) is 0 Å². The summed E-state index contributed by atoms with van der Waals surface area (Å²) in [6, 6.07) is -1.31. The lowest BCUT2D eigenvalue weighted by Crippen LogP contribution is -2.35. The van der Waals surface area contributed by atoms with Gasteiger partial charge in [0, 0.05) is 11.5 Å². The lowest BCUT2D eigenvalue weighted by Gasteiger charge is -2.11. The van der Waals surface area contributed by atoms with Gasteiger partial charge in [-0.3, -0.25) is 9.59 Å². The zero-order valence-corrected chi connectivity index (χ0v) is 11.5. The van der Waals surface area contributed by atoms with Crippen molar-refractivity contribution in [3.05, 3.63) is 0 Å². The number of carbonyl (C=O) groups is 2. The van der Waals surface area contributed by atoms with Crippen LogP contribution in [0.4, 0.5) is 0 Å². The van der Waals surface area contributed by atoms with E-state index in [0.29, 0.717) is 18.1 Å². The van der Waals surface area contributed by atoms with Crippen LogP contribution in [0.1, 0.15) is 6.92 Å². The Labute approximate surface area is 109 Å². The van der Waals surface area contributed by atoms with Gasteiger partial charge in [-0.15, -0.1) is 0 Å². The van der Waals surface area contributed by atoms with Crippen molar-refractivity contribution in [2.75, 3.05) is 25.2 Å². The number of rotatable bonds is 8. The van der Waals surface area contributed by atoms with Crippen LogP contribution in [-0.2, 0) is 19.1 Å². The van der Waals surface area contributed by atoms with Crippen molar-refractivity contribution >= 4 is 33.5 Å². The van der Waals surface area contributed by atoms with Crippen molar-refractivity contribution in [2.24, 2.45) is 11.5 Å². The van der Waals surface area contributed by atoms with Crippen molar-refractivity contribution < 1.29 is 19.1 Å². The molecule has 0 aromatic rings. The molecule has 17 heavy (non-hydrogen) atoms. The van der Waals surface area contributed by atoms with E-state index in [-0.39, 0.29) is 0 Å². The van der Waals surface area contributed by atoms with Gasteiger partial charge in [0.15, 0.2) is 0 Å². The molecule has 0 rings (SSSR count). The number of methoxy groups -OCH3 is 1. The van der Waals surface area contributed by atoms with E-state index in [4.69, 9.17) is 16.2 Å². The topological polar surface area (TPSA) is 105 Å². The van der Waals surface area contributed by atoms with E-state index in [2.05, 4.69) is 4.74 Å². The molecule has 0 amide bonds. The zero-order chi connectivity index (χ0) is 13.3. The molecule has 0 saturated carbocycles. The van der Waals surface area contributed by atoms with Gasteiger partial charge in [-0.05, 0) is 6.92 Å². The summed E-state index contributed by atoms with van der Waals surface area (Å²) in [5.74, 6) is -0.0461. The van der Waals surface area contributed by atoms with Gasteiger partial charge in [0.05, 0.1) is 13.7 Å². The van der Waals surface area contributed by atoms with Crippen LogP contribution >= 0.6 is 21.6 Å². The van der Waals surface area contributed by atoms with Gasteiger partial charge in [0.1, 0.15) is 12.1 Å². The van der Waals surface area contributed by atoms with Crippen molar-refractivity contribution in [1.29, 1.82) is 0 Å². The first-order valence-corrected chi connectivity index (χ1v) is 7.51. The predicted molar refractivity (Wildman–Crippen MR) is 69.5 cm³/mol. The molecule has 0 aromatic carbocycles. The number of hydrogen-bond acceptors (Lipinski definition) is 8. The molecule has 0 heterocycles. The third-order valence-electron chi connectivity index (χ3n) is 1.67. The Balaban J connectivity index is 3.64. The maximum atomic E-state index is 11.2. The summed E-state index contributed by atoms with van der Waals surface area (Å²) in [6.45, 7) is 2.04. The van der Waals surface area contributed by atoms with E-state index in [1.165, 1.54) is 28.7 Å². The fourth-order valence-electron chi connectivity index (χ4n) is 0.780. The Morgan fingerprint density at radius 3 is 2.00 bits per heavy atom. The van der Waals surface area contributed by atoms with Crippen LogP contribution in [0, 0.1) is 0 Å². The Kier molecular flexibility index (Phi) is 9.33.